The van der Waals surface area contributed by atoms with Gasteiger partial charge in [-0.05, 0) is 37.3 Å². The fraction of sp³-hybridized carbons (Fsp3) is 0.0833. The van der Waals surface area contributed by atoms with Crippen molar-refractivity contribution in [3.05, 3.63) is 46.6 Å². The first-order valence-electron chi connectivity index (χ1n) is 5.48. The van der Waals surface area contributed by atoms with Gasteiger partial charge >= 0.3 is 0 Å². The van der Waals surface area contributed by atoms with Crippen molar-refractivity contribution in [2.24, 2.45) is 5.73 Å². The zero-order chi connectivity index (χ0) is 14.9. The van der Waals surface area contributed by atoms with E-state index in [0.29, 0.717) is 0 Å². The van der Waals surface area contributed by atoms with E-state index in [1.54, 1.807) is 6.07 Å². The SMILES string of the molecule is Cc1ccc(S(=O)(=O)Nc2ccc(F)c(C(N)=S)c2)s1. The Morgan fingerprint density at radius 2 is 2.05 bits per heavy atom. The van der Waals surface area contributed by atoms with Gasteiger partial charge in [-0.25, -0.2) is 12.8 Å². The molecule has 3 N–H and O–H groups in total. The number of sulfonamides is 1. The highest BCUT2D eigenvalue weighted by molar-refractivity contribution is 7.94. The average molecular weight is 330 g/mol. The summed E-state index contributed by atoms with van der Waals surface area (Å²) in [5.74, 6) is -0.590. The molecule has 0 fully saturated rings. The normalized spacial score (nSPS) is 11.3. The van der Waals surface area contributed by atoms with Gasteiger partial charge in [0.15, 0.2) is 0 Å². The Hall–Kier alpha value is -1.51. The Bertz CT molecular complexity index is 769. The molecule has 2 aromatic rings. The van der Waals surface area contributed by atoms with Crippen LogP contribution in [-0.2, 0) is 10.0 Å². The number of hydrogen-bond acceptors (Lipinski definition) is 4. The van der Waals surface area contributed by atoms with Gasteiger partial charge in [-0.15, -0.1) is 11.3 Å². The van der Waals surface area contributed by atoms with Crippen LogP contribution >= 0.6 is 23.6 Å². The van der Waals surface area contributed by atoms with Gasteiger partial charge in [0.1, 0.15) is 15.0 Å². The van der Waals surface area contributed by atoms with Crippen LogP contribution in [0.1, 0.15) is 10.4 Å². The second-order valence-corrected chi connectivity index (χ2v) is 7.67. The summed E-state index contributed by atoms with van der Waals surface area (Å²) in [5, 5.41) is 0. The number of anilines is 1. The Morgan fingerprint density at radius 3 is 2.60 bits per heavy atom. The highest BCUT2D eigenvalue weighted by Crippen LogP contribution is 2.24. The number of halogens is 1. The smallest absolute Gasteiger partial charge is 0.271 e. The lowest BCUT2D eigenvalue weighted by atomic mass is 10.2. The molecule has 0 saturated carbocycles. The lowest BCUT2D eigenvalue weighted by molar-refractivity contribution is 0.603. The molecule has 0 bridgehead atoms. The molecule has 0 aliphatic carbocycles. The van der Waals surface area contributed by atoms with Crippen molar-refractivity contribution in [3.63, 3.8) is 0 Å². The number of aryl methyl sites for hydroxylation is 1. The van der Waals surface area contributed by atoms with Crippen molar-refractivity contribution >= 4 is 44.3 Å². The molecule has 2 rings (SSSR count). The molecule has 1 heterocycles. The van der Waals surface area contributed by atoms with Crippen LogP contribution in [0.3, 0.4) is 0 Å². The molecule has 0 radical (unpaired) electrons. The zero-order valence-corrected chi connectivity index (χ0v) is 12.8. The van der Waals surface area contributed by atoms with Gasteiger partial charge in [0.05, 0.1) is 0 Å². The Labute approximate surface area is 125 Å². The molecule has 0 amide bonds. The van der Waals surface area contributed by atoms with Gasteiger partial charge in [0.2, 0.25) is 0 Å². The largest absolute Gasteiger partial charge is 0.389 e. The Morgan fingerprint density at radius 1 is 1.35 bits per heavy atom. The molecule has 0 unspecified atom stereocenters. The molecule has 1 aromatic carbocycles. The molecule has 0 atom stereocenters. The predicted molar refractivity (Wildman–Crippen MR) is 82.2 cm³/mol. The fourth-order valence-corrected chi connectivity index (χ4v) is 4.03. The lowest BCUT2D eigenvalue weighted by Gasteiger charge is -2.08. The van der Waals surface area contributed by atoms with Crippen molar-refractivity contribution in [3.8, 4) is 0 Å². The number of nitrogens with two attached hydrogens (primary N) is 1. The van der Waals surface area contributed by atoms with Crippen LogP contribution in [0.25, 0.3) is 0 Å². The molecule has 0 saturated heterocycles. The van der Waals surface area contributed by atoms with Crippen LogP contribution in [0.2, 0.25) is 0 Å². The number of thiocarbonyl (C=S) groups is 1. The minimum absolute atomic E-state index is 0.00237. The van der Waals surface area contributed by atoms with Crippen molar-refractivity contribution in [2.75, 3.05) is 4.72 Å². The molecule has 1 aromatic heterocycles. The maximum Gasteiger partial charge on any atom is 0.271 e. The van der Waals surface area contributed by atoms with E-state index >= 15 is 0 Å². The van der Waals surface area contributed by atoms with Gasteiger partial charge in [-0.3, -0.25) is 4.72 Å². The van der Waals surface area contributed by atoms with E-state index in [2.05, 4.69) is 4.72 Å². The lowest BCUT2D eigenvalue weighted by Crippen LogP contribution is -2.15. The number of nitrogens with one attached hydrogen (secondary N) is 1. The molecular formula is C12H11FN2O2S3. The monoisotopic (exact) mass is 330 g/mol. The molecule has 0 aliphatic heterocycles. The number of thiophene rings is 1. The van der Waals surface area contributed by atoms with Crippen LogP contribution < -0.4 is 10.5 Å². The van der Waals surface area contributed by atoms with E-state index in [9.17, 15) is 12.8 Å². The van der Waals surface area contributed by atoms with Crippen molar-refractivity contribution in [2.45, 2.75) is 11.1 Å². The van der Waals surface area contributed by atoms with E-state index < -0.39 is 15.8 Å². The van der Waals surface area contributed by atoms with Crippen LogP contribution in [0.5, 0.6) is 0 Å². The fourth-order valence-electron chi connectivity index (χ4n) is 1.54. The van der Waals surface area contributed by atoms with E-state index in [4.69, 9.17) is 18.0 Å². The van der Waals surface area contributed by atoms with Gasteiger partial charge in [-0.1, -0.05) is 12.2 Å². The summed E-state index contributed by atoms with van der Waals surface area (Å²) in [6.07, 6.45) is 0. The van der Waals surface area contributed by atoms with Crippen LogP contribution in [0, 0.1) is 12.7 Å². The van der Waals surface area contributed by atoms with Gasteiger partial charge in [0.25, 0.3) is 10.0 Å². The standard InChI is InChI=1S/C12H11FN2O2S3/c1-7-2-5-11(19-7)20(16,17)15-8-3-4-10(13)9(6-8)12(14)18/h2-6,15H,1H3,(H2,14,18). The summed E-state index contributed by atoms with van der Waals surface area (Å²) in [6, 6.07) is 6.93. The first-order chi connectivity index (χ1) is 9.29. The first kappa shape index (κ1) is 14.9. The maximum absolute atomic E-state index is 13.4. The van der Waals surface area contributed by atoms with E-state index in [0.717, 1.165) is 22.3 Å². The van der Waals surface area contributed by atoms with Crippen LogP contribution in [0.15, 0.2) is 34.5 Å². The number of hydrogen-bond donors (Lipinski definition) is 2. The molecule has 106 valence electrons. The second kappa shape index (κ2) is 5.47. The summed E-state index contributed by atoms with van der Waals surface area (Å²) in [4.78, 5) is 0.754. The minimum Gasteiger partial charge on any atom is -0.389 e. The van der Waals surface area contributed by atoms with Crippen molar-refractivity contribution in [1.29, 1.82) is 0 Å². The summed E-state index contributed by atoms with van der Waals surface area (Å²) in [7, 11) is -3.69. The summed E-state index contributed by atoms with van der Waals surface area (Å²) >= 11 is 5.86. The summed E-state index contributed by atoms with van der Waals surface area (Å²) < 4.78 is 40.2. The molecule has 4 nitrogen and oxygen atoms in total. The van der Waals surface area contributed by atoms with Gasteiger partial charge in [-0.2, -0.15) is 0 Å². The number of benzene rings is 1. The molecular weight excluding hydrogens is 319 g/mol. The molecule has 0 spiro atoms. The van der Waals surface area contributed by atoms with Crippen LogP contribution in [0.4, 0.5) is 10.1 Å². The molecule has 20 heavy (non-hydrogen) atoms. The van der Waals surface area contributed by atoms with Crippen LogP contribution in [-0.4, -0.2) is 13.4 Å². The third kappa shape index (κ3) is 3.14. The quantitative estimate of drug-likeness (QED) is 0.845. The summed E-state index contributed by atoms with van der Waals surface area (Å²) in [6.45, 7) is 1.81. The third-order valence-corrected chi connectivity index (χ3v) is 5.56. The zero-order valence-electron chi connectivity index (χ0n) is 10.4. The topological polar surface area (TPSA) is 72.2 Å². The van der Waals surface area contributed by atoms with E-state index in [1.165, 1.54) is 18.2 Å². The summed E-state index contributed by atoms with van der Waals surface area (Å²) in [5.41, 5.74) is 5.59. The van der Waals surface area contributed by atoms with Gasteiger partial charge < -0.3 is 5.73 Å². The second-order valence-electron chi connectivity index (χ2n) is 4.03. The van der Waals surface area contributed by atoms with Gasteiger partial charge in [0, 0.05) is 16.1 Å². The molecule has 8 heteroatoms. The number of rotatable bonds is 4. The highest BCUT2D eigenvalue weighted by atomic mass is 32.2. The van der Waals surface area contributed by atoms with E-state index in [1.807, 2.05) is 6.92 Å². The molecule has 0 aliphatic rings. The maximum atomic E-state index is 13.4. The Balaban J connectivity index is 2.35. The van der Waals surface area contributed by atoms with Crippen molar-refractivity contribution in [1.82, 2.24) is 0 Å². The predicted octanol–water partition coefficient (Wildman–Crippen LogP) is 2.63. The highest BCUT2D eigenvalue weighted by Gasteiger charge is 2.17. The average Bonchev–Trinajstić information content (AvgIpc) is 2.78. The first-order valence-corrected chi connectivity index (χ1v) is 8.19. The van der Waals surface area contributed by atoms with Crippen molar-refractivity contribution < 1.29 is 12.8 Å². The Kier molecular flexibility index (Phi) is 4.07. The minimum atomic E-state index is -3.69. The third-order valence-electron chi connectivity index (χ3n) is 2.46. The van der Waals surface area contributed by atoms with E-state index in [-0.39, 0.29) is 20.4 Å².